The molecule has 0 spiro atoms. The van der Waals surface area contributed by atoms with Crippen molar-refractivity contribution in [2.75, 3.05) is 6.54 Å². The highest BCUT2D eigenvalue weighted by molar-refractivity contribution is 7.89. The molecule has 0 amide bonds. The van der Waals surface area contributed by atoms with Gasteiger partial charge in [-0.1, -0.05) is 0 Å². The average molecular weight is 374 g/mol. The van der Waals surface area contributed by atoms with Gasteiger partial charge in [0.1, 0.15) is 10.9 Å². The van der Waals surface area contributed by atoms with Gasteiger partial charge >= 0.3 is 0 Å². The summed E-state index contributed by atoms with van der Waals surface area (Å²) in [7, 11) is -1.98. The minimum atomic E-state index is -3.69. The highest BCUT2D eigenvalue weighted by atomic mass is 32.2. The molecular weight excluding hydrogens is 356 g/mol. The minimum Gasteiger partial charge on any atom is -0.419 e. The predicted octanol–water partition coefficient (Wildman–Crippen LogP) is 1.70. The van der Waals surface area contributed by atoms with E-state index in [0.29, 0.717) is 36.0 Å². The number of hydrogen-bond donors (Lipinski definition) is 0. The largest absolute Gasteiger partial charge is 0.419 e. The number of aryl methyl sites for hydroxylation is 1. The number of aromatic nitrogens is 5. The molecule has 3 aromatic rings. The zero-order chi connectivity index (χ0) is 18.3. The second kappa shape index (κ2) is 6.29. The van der Waals surface area contributed by atoms with Gasteiger partial charge < -0.3 is 4.42 Å². The minimum absolute atomic E-state index is 0.207. The molecule has 10 heteroatoms. The van der Waals surface area contributed by atoms with E-state index in [4.69, 9.17) is 4.42 Å². The fourth-order valence-corrected chi connectivity index (χ4v) is 4.95. The number of hydrogen-bond acceptors (Lipinski definition) is 7. The number of nitrogens with zero attached hydrogens (tertiary/aromatic N) is 6. The van der Waals surface area contributed by atoms with E-state index in [1.165, 1.54) is 10.5 Å². The zero-order valence-corrected chi connectivity index (χ0v) is 15.2. The lowest BCUT2D eigenvalue weighted by atomic mass is 10.2. The van der Waals surface area contributed by atoms with Gasteiger partial charge in [0.05, 0.1) is 17.5 Å². The third-order valence-electron chi connectivity index (χ3n) is 4.61. The van der Waals surface area contributed by atoms with Crippen LogP contribution in [0.1, 0.15) is 30.5 Å². The van der Waals surface area contributed by atoms with Crippen LogP contribution in [0.25, 0.3) is 11.5 Å². The molecule has 0 saturated carbocycles. The molecule has 9 nitrogen and oxygen atoms in total. The van der Waals surface area contributed by atoms with E-state index in [2.05, 4.69) is 20.3 Å². The molecule has 26 heavy (non-hydrogen) atoms. The summed E-state index contributed by atoms with van der Waals surface area (Å²) >= 11 is 0. The van der Waals surface area contributed by atoms with Crippen molar-refractivity contribution in [3.05, 3.63) is 42.3 Å². The monoisotopic (exact) mass is 374 g/mol. The van der Waals surface area contributed by atoms with Crippen LogP contribution in [0.5, 0.6) is 0 Å². The summed E-state index contributed by atoms with van der Waals surface area (Å²) in [6.07, 6.45) is 6.03. The first-order valence-electron chi connectivity index (χ1n) is 8.22. The molecule has 0 unspecified atom stereocenters. The predicted molar refractivity (Wildman–Crippen MR) is 91.3 cm³/mol. The summed E-state index contributed by atoms with van der Waals surface area (Å²) in [5.41, 5.74) is 1.29. The Bertz CT molecular complexity index is 1030. The summed E-state index contributed by atoms with van der Waals surface area (Å²) in [5.74, 6) is 0.626. The Morgan fingerprint density at radius 1 is 1.27 bits per heavy atom. The van der Waals surface area contributed by atoms with E-state index >= 15 is 0 Å². The van der Waals surface area contributed by atoms with Crippen LogP contribution >= 0.6 is 0 Å². The van der Waals surface area contributed by atoms with Crippen molar-refractivity contribution < 1.29 is 12.8 Å². The molecule has 0 radical (unpaired) electrons. The van der Waals surface area contributed by atoms with Gasteiger partial charge in [0.25, 0.3) is 0 Å². The molecule has 0 N–H and O–H groups in total. The molecule has 3 aromatic heterocycles. The van der Waals surface area contributed by atoms with E-state index in [1.54, 1.807) is 37.1 Å². The van der Waals surface area contributed by atoms with Gasteiger partial charge in [-0.3, -0.25) is 9.67 Å². The van der Waals surface area contributed by atoms with E-state index in [-0.39, 0.29) is 4.90 Å². The Kier molecular flexibility index (Phi) is 4.08. The van der Waals surface area contributed by atoms with Crippen molar-refractivity contribution in [3.63, 3.8) is 0 Å². The Hall–Kier alpha value is -2.59. The first-order chi connectivity index (χ1) is 12.5. The third kappa shape index (κ3) is 2.71. The maximum Gasteiger partial charge on any atom is 0.249 e. The summed E-state index contributed by atoms with van der Waals surface area (Å²) in [6, 6.07) is 3.11. The normalized spacial score (nSPS) is 18.5. The van der Waals surface area contributed by atoms with Crippen LogP contribution in [0, 0.1) is 6.92 Å². The van der Waals surface area contributed by atoms with Crippen LogP contribution in [0.2, 0.25) is 0 Å². The Morgan fingerprint density at radius 2 is 2.12 bits per heavy atom. The molecular formula is C16H18N6O3S. The SMILES string of the molecule is Cc1c(S(=O)(=O)N2CCC[C@@H]2c2nnc(-c3cccnc3)o2)cnn1C. The van der Waals surface area contributed by atoms with Crippen molar-refractivity contribution in [3.8, 4) is 11.5 Å². The molecule has 1 fully saturated rings. The van der Waals surface area contributed by atoms with Crippen molar-refractivity contribution in [2.45, 2.75) is 30.7 Å². The second-order valence-electron chi connectivity index (χ2n) is 6.18. The van der Waals surface area contributed by atoms with E-state index in [1.807, 2.05) is 6.07 Å². The summed E-state index contributed by atoms with van der Waals surface area (Å²) in [6.45, 7) is 2.14. The Morgan fingerprint density at radius 3 is 2.81 bits per heavy atom. The van der Waals surface area contributed by atoms with Gasteiger partial charge in [0.2, 0.25) is 21.8 Å². The fourth-order valence-electron chi connectivity index (χ4n) is 3.11. The Balaban J connectivity index is 1.67. The number of rotatable bonds is 4. The van der Waals surface area contributed by atoms with Crippen molar-refractivity contribution in [1.82, 2.24) is 29.3 Å². The van der Waals surface area contributed by atoms with Crippen LogP contribution in [0.3, 0.4) is 0 Å². The van der Waals surface area contributed by atoms with Crippen LogP contribution in [0.4, 0.5) is 0 Å². The van der Waals surface area contributed by atoms with Crippen molar-refractivity contribution in [1.29, 1.82) is 0 Å². The maximum absolute atomic E-state index is 13.1. The molecule has 1 aliphatic heterocycles. The topological polar surface area (TPSA) is 107 Å². The van der Waals surface area contributed by atoms with Gasteiger partial charge in [0, 0.05) is 26.0 Å². The summed E-state index contributed by atoms with van der Waals surface area (Å²) < 4.78 is 34.9. The lowest BCUT2D eigenvalue weighted by Crippen LogP contribution is -2.31. The van der Waals surface area contributed by atoms with Gasteiger partial charge in [-0.25, -0.2) is 8.42 Å². The first kappa shape index (κ1) is 16.9. The molecule has 1 aliphatic rings. The van der Waals surface area contributed by atoms with Crippen molar-refractivity contribution in [2.24, 2.45) is 7.05 Å². The quantitative estimate of drug-likeness (QED) is 0.684. The number of pyridine rings is 1. The molecule has 0 bridgehead atoms. The van der Waals surface area contributed by atoms with Gasteiger partial charge in [-0.15, -0.1) is 10.2 Å². The third-order valence-corrected chi connectivity index (χ3v) is 6.63. The highest BCUT2D eigenvalue weighted by Gasteiger charge is 2.40. The highest BCUT2D eigenvalue weighted by Crippen LogP contribution is 2.37. The summed E-state index contributed by atoms with van der Waals surface area (Å²) in [5, 5.41) is 12.2. The fraction of sp³-hybridized carbons (Fsp3) is 0.375. The van der Waals surface area contributed by atoms with Gasteiger partial charge in [-0.2, -0.15) is 9.40 Å². The van der Waals surface area contributed by atoms with E-state index < -0.39 is 16.1 Å². The molecule has 1 saturated heterocycles. The molecule has 136 valence electrons. The van der Waals surface area contributed by atoms with Gasteiger partial charge in [-0.05, 0) is 31.9 Å². The molecule has 0 aromatic carbocycles. The Labute approximate surface area is 150 Å². The van der Waals surface area contributed by atoms with Crippen LogP contribution in [-0.4, -0.2) is 44.2 Å². The smallest absolute Gasteiger partial charge is 0.249 e. The molecule has 0 aliphatic carbocycles. The van der Waals surface area contributed by atoms with Gasteiger partial charge in [0.15, 0.2) is 0 Å². The first-order valence-corrected chi connectivity index (χ1v) is 9.67. The summed E-state index contributed by atoms with van der Waals surface area (Å²) in [4.78, 5) is 4.24. The maximum atomic E-state index is 13.1. The van der Waals surface area contributed by atoms with Crippen molar-refractivity contribution >= 4 is 10.0 Å². The average Bonchev–Trinajstić information content (AvgIpc) is 3.36. The van der Waals surface area contributed by atoms with E-state index in [9.17, 15) is 8.42 Å². The van der Waals surface area contributed by atoms with Crippen LogP contribution in [-0.2, 0) is 17.1 Å². The number of sulfonamides is 1. The molecule has 4 heterocycles. The zero-order valence-electron chi connectivity index (χ0n) is 14.4. The molecule has 4 rings (SSSR count). The molecule has 1 atom stereocenters. The standard InChI is InChI=1S/C16H18N6O3S/c1-11-14(10-18-21(11)2)26(23,24)22-8-4-6-13(22)16-20-19-15(25-16)12-5-3-7-17-9-12/h3,5,7,9-10,13H,4,6,8H2,1-2H3/t13-/m1/s1. The van der Waals surface area contributed by atoms with E-state index in [0.717, 1.165) is 6.42 Å². The lowest BCUT2D eigenvalue weighted by molar-refractivity contribution is 0.332. The van der Waals surface area contributed by atoms with Crippen LogP contribution < -0.4 is 0 Å². The van der Waals surface area contributed by atoms with Crippen LogP contribution in [0.15, 0.2) is 40.0 Å². The second-order valence-corrected chi connectivity index (χ2v) is 8.04. The lowest BCUT2D eigenvalue weighted by Gasteiger charge is -2.21.